The monoisotopic (exact) mass is 255 g/mol. The van der Waals surface area contributed by atoms with Gasteiger partial charge in [0.05, 0.1) is 12.5 Å². The van der Waals surface area contributed by atoms with Crippen LogP contribution in [0.4, 0.5) is 0 Å². The first-order valence-corrected chi connectivity index (χ1v) is 6.37. The number of carbonyl (C=O) groups is 1. The lowest BCUT2D eigenvalue weighted by molar-refractivity contribution is -0.130. The summed E-state index contributed by atoms with van der Waals surface area (Å²) in [4.78, 5) is 13.5. The number of hydrogen-bond acceptors (Lipinski definition) is 2. The number of aryl methyl sites for hydroxylation is 1. The van der Waals surface area contributed by atoms with Crippen LogP contribution in [0.2, 0.25) is 0 Å². The summed E-state index contributed by atoms with van der Waals surface area (Å²) in [7, 11) is 1.74. The van der Waals surface area contributed by atoms with Gasteiger partial charge >= 0.3 is 0 Å². The zero-order valence-corrected chi connectivity index (χ0v) is 11.0. The zero-order chi connectivity index (χ0) is 13.7. The molecular formula is C15H17N3O. The van der Waals surface area contributed by atoms with E-state index in [9.17, 15) is 4.79 Å². The highest BCUT2D eigenvalue weighted by Gasteiger charge is 2.09. The molecule has 0 radical (unpaired) electrons. The number of para-hydroxylation sites is 1. The van der Waals surface area contributed by atoms with Crippen LogP contribution in [0.15, 0.2) is 36.5 Å². The van der Waals surface area contributed by atoms with Gasteiger partial charge in [0.2, 0.25) is 5.91 Å². The molecule has 19 heavy (non-hydrogen) atoms. The van der Waals surface area contributed by atoms with E-state index in [0.717, 1.165) is 5.52 Å². The van der Waals surface area contributed by atoms with Crippen molar-refractivity contribution in [3.63, 3.8) is 0 Å². The minimum Gasteiger partial charge on any atom is -0.347 e. The van der Waals surface area contributed by atoms with E-state index in [1.54, 1.807) is 11.9 Å². The van der Waals surface area contributed by atoms with Gasteiger partial charge in [0.25, 0.3) is 0 Å². The molecule has 0 aliphatic heterocycles. The lowest BCUT2D eigenvalue weighted by Crippen LogP contribution is -2.28. The SMILES string of the molecule is CN(CCC#N)C(=O)CCn1ccc2ccccc21. The van der Waals surface area contributed by atoms with E-state index < -0.39 is 0 Å². The molecule has 0 aliphatic carbocycles. The van der Waals surface area contributed by atoms with Gasteiger partial charge in [-0.3, -0.25) is 4.79 Å². The fourth-order valence-corrected chi connectivity index (χ4v) is 2.08. The molecule has 4 heteroatoms. The molecule has 2 rings (SSSR count). The van der Waals surface area contributed by atoms with Gasteiger partial charge in [-0.15, -0.1) is 0 Å². The number of aromatic nitrogens is 1. The maximum Gasteiger partial charge on any atom is 0.224 e. The fraction of sp³-hybridized carbons (Fsp3) is 0.333. The summed E-state index contributed by atoms with van der Waals surface area (Å²) in [6, 6.07) is 12.2. The number of hydrogen-bond donors (Lipinski definition) is 0. The molecule has 0 N–H and O–H groups in total. The van der Waals surface area contributed by atoms with Gasteiger partial charge in [0.15, 0.2) is 0 Å². The van der Waals surface area contributed by atoms with E-state index in [0.29, 0.717) is 25.9 Å². The van der Waals surface area contributed by atoms with Crippen LogP contribution in [-0.2, 0) is 11.3 Å². The predicted octanol–water partition coefficient (Wildman–Crippen LogP) is 2.40. The van der Waals surface area contributed by atoms with Crippen molar-refractivity contribution in [2.75, 3.05) is 13.6 Å². The molecule has 0 aliphatic rings. The van der Waals surface area contributed by atoms with Gasteiger partial charge in [-0.1, -0.05) is 18.2 Å². The molecule has 1 aromatic heterocycles. The number of nitriles is 1. The first kappa shape index (κ1) is 13.2. The van der Waals surface area contributed by atoms with Crippen molar-refractivity contribution in [2.45, 2.75) is 19.4 Å². The van der Waals surface area contributed by atoms with Gasteiger partial charge in [-0.05, 0) is 17.5 Å². The summed E-state index contributed by atoms with van der Waals surface area (Å²) in [5.74, 6) is 0.0769. The summed E-state index contributed by atoms with van der Waals surface area (Å²) < 4.78 is 2.09. The van der Waals surface area contributed by atoms with Gasteiger partial charge < -0.3 is 9.47 Å². The molecule has 1 amide bonds. The Morgan fingerprint density at radius 2 is 2.16 bits per heavy atom. The first-order valence-electron chi connectivity index (χ1n) is 6.37. The maximum atomic E-state index is 11.9. The van der Waals surface area contributed by atoms with Crippen molar-refractivity contribution in [1.29, 1.82) is 5.26 Å². The molecule has 0 bridgehead atoms. The Labute approximate surface area is 112 Å². The van der Waals surface area contributed by atoms with Crippen LogP contribution in [0.5, 0.6) is 0 Å². The molecule has 0 spiro atoms. The van der Waals surface area contributed by atoms with Crippen LogP contribution in [0, 0.1) is 11.3 Å². The number of nitrogens with zero attached hydrogens (tertiary/aromatic N) is 3. The number of rotatable bonds is 5. The highest BCUT2D eigenvalue weighted by atomic mass is 16.2. The number of benzene rings is 1. The third kappa shape index (κ3) is 3.14. The average molecular weight is 255 g/mol. The van der Waals surface area contributed by atoms with Crippen LogP contribution in [0.1, 0.15) is 12.8 Å². The minimum atomic E-state index is 0.0769. The highest BCUT2D eigenvalue weighted by molar-refractivity contribution is 5.80. The molecule has 0 unspecified atom stereocenters. The Morgan fingerprint density at radius 3 is 2.95 bits per heavy atom. The Bertz CT molecular complexity index is 609. The molecular weight excluding hydrogens is 238 g/mol. The Kier molecular flexibility index (Phi) is 4.19. The molecule has 98 valence electrons. The van der Waals surface area contributed by atoms with E-state index in [1.807, 2.05) is 24.4 Å². The summed E-state index contributed by atoms with van der Waals surface area (Å²) >= 11 is 0. The molecule has 1 heterocycles. The largest absolute Gasteiger partial charge is 0.347 e. The molecule has 0 saturated carbocycles. The van der Waals surface area contributed by atoms with E-state index in [4.69, 9.17) is 5.26 Å². The van der Waals surface area contributed by atoms with Crippen LogP contribution >= 0.6 is 0 Å². The molecule has 0 saturated heterocycles. The maximum absolute atomic E-state index is 11.9. The van der Waals surface area contributed by atoms with E-state index in [2.05, 4.69) is 22.8 Å². The summed E-state index contributed by atoms with van der Waals surface area (Å²) in [5.41, 5.74) is 1.15. The van der Waals surface area contributed by atoms with Gasteiger partial charge in [0.1, 0.15) is 0 Å². The Balaban J connectivity index is 1.95. The van der Waals surface area contributed by atoms with Crippen LogP contribution in [-0.4, -0.2) is 29.0 Å². The van der Waals surface area contributed by atoms with Crippen molar-refractivity contribution < 1.29 is 4.79 Å². The van der Waals surface area contributed by atoms with Gasteiger partial charge in [-0.2, -0.15) is 5.26 Å². The Hall–Kier alpha value is -2.28. The first-order chi connectivity index (χ1) is 9.22. The van der Waals surface area contributed by atoms with Crippen LogP contribution in [0.25, 0.3) is 10.9 Å². The topological polar surface area (TPSA) is 49.0 Å². The second kappa shape index (κ2) is 6.05. The number of carbonyl (C=O) groups excluding carboxylic acids is 1. The third-order valence-corrected chi connectivity index (χ3v) is 3.23. The minimum absolute atomic E-state index is 0.0769. The van der Waals surface area contributed by atoms with E-state index in [-0.39, 0.29) is 5.91 Å². The molecule has 1 aromatic carbocycles. The van der Waals surface area contributed by atoms with Crippen molar-refractivity contribution in [1.82, 2.24) is 9.47 Å². The van der Waals surface area contributed by atoms with Crippen LogP contribution < -0.4 is 0 Å². The van der Waals surface area contributed by atoms with Crippen molar-refractivity contribution in [3.8, 4) is 6.07 Å². The fourth-order valence-electron chi connectivity index (χ4n) is 2.08. The molecule has 2 aromatic rings. The summed E-state index contributed by atoms with van der Waals surface area (Å²) in [5, 5.41) is 9.69. The van der Waals surface area contributed by atoms with Crippen molar-refractivity contribution >= 4 is 16.8 Å². The van der Waals surface area contributed by atoms with Gasteiger partial charge in [0, 0.05) is 38.3 Å². The second-order valence-electron chi connectivity index (χ2n) is 4.54. The predicted molar refractivity (Wildman–Crippen MR) is 74.4 cm³/mol. The number of amides is 1. The molecule has 4 nitrogen and oxygen atoms in total. The molecule has 0 fully saturated rings. The quantitative estimate of drug-likeness (QED) is 0.823. The lowest BCUT2D eigenvalue weighted by Gasteiger charge is -2.15. The van der Waals surface area contributed by atoms with Gasteiger partial charge in [-0.25, -0.2) is 0 Å². The standard InChI is InChI=1S/C15H17N3O/c1-17(10-4-9-16)15(19)8-12-18-11-7-13-5-2-3-6-14(13)18/h2-3,5-7,11H,4,8,10,12H2,1H3. The lowest BCUT2D eigenvalue weighted by atomic mass is 10.2. The summed E-state index contributed by atoms with van der Waals surface area (Å²) in [6.07, 6.45) is 2.85. The normalized spacial score (nSPS) is 10.3. The number of fused-ring (bicyclic) bond motifs is 1. The average Bonchev–Trinajstić information content (AvgIpc) is 2.85. The van der Waals surface area contributed by atoms with E-state index in [1.165, 1.54) is 5.39 Å². The van der Waals surface area contributed by atoms with Crippen LogP contribution in [0.3, 0.4) is 0 Å². The molecule has 0 atom stereocenters. The Morgan fingerprint density at radius 1 is 1.37 bits per heavy atom. The zero-order valence-electron chi connectivity index (χ0n) is 11.0. The van der Waals surface area contributed by atoms with Crippen molar-refractivity contribution in [3.05, 3.63) is 36.5 Å². The smallest absolute Gasteiger partial charge is 0.224 e. The third-order valence-electron chi connectivity index (χ3n) is 3.23. The highest BCUT2D eigenvalue weighted by Crippen LogP contribution is 2.15. The summed E-state index contributed by atoms with van der Waals surface area (Å²) in [6.45, 7) is 1.17. The second-order valence-corrected chi connectivity index (χ2v) is 4.54. The van der Waals surface area contributed by atoms with Crippen molar-refractivity contribution in [2.24, 2.45) is 0 Å². The van der Waals surface area contributed by atoms with E-state index >= 15 is 0 Å².